The molecule has 6 heteroatoms. The summed E-state index contributed by atoms with van der Waals surface area (Å²) in [5.41, 5.74) is 0.552. The van der Waals surface area contributed by atoms with E-state index in [1.165, 1.54) is 18.2 Å². The van der Waals surface area contributed by atoms with Gasteiger partial charge in [0, 0.05) is 16.0 Å². The van der Waals surface area contributed by atoms with E-state index in [4.69, 9.17) is 9.52 Å². The first kappa shape index (κ1) is 7.53. The summed E-state index contributed by atoms with van der Waals surface area (Å²) in [6.07, 6.45) is 0. The van der Waals surface area contributed by atoms with Gasteiger partial charge in [0.15, 0.2) is 5.58 Å². The zero-order valence-electron chi connectivity index (χ0n) is 6.30. The van der Waals surface area contributed by atoms with Crippen LogP contribution in [0.1, 0.15) is 0 Å². The van der Waals surface area contributed by atoms with E-state index in [2.05, 4.69) is 4.98 Å². The van der Waals surface area contributed by atoms with Gasteiger partial charge < -0.3 is 19.6 Å². The van der Waals surface area contributed by atoms with E-state index >= 15 is 0 Å². The van der Waals surface area contributed by atoms with E-state index in [1.807, 2.05) is 0 Å². The normalized spacial score (nSPS) is 10.5. The monoisotopic (exact) mass is 180 g/mol. The summed E-state index contributed by atoms with van der Waals surface area (Å²) in [6, 6.07) is 3.53. The Labute approximate surface area is 71.6 Å². The molecule has 66 valence electrons. The first-order valence-corrected chi connectivity index (χ1v) is 3.41. The van der Waals surface area contributed by atoms with Crippen LogP contribution in [0.15, 0.2) is 22.6 Å². The van der Waals surface area contributed by atoms with Crippen LogP contribution in [0.4, 0.5) is 6.01 Å². The SMILES string of the molecule is O=[N+]([O-])c1nc2ccc(O)cc2o1. The topological polar surface area (TPSA) is 89.4 Å². The van der Waals surface area contributed by atoms with Crippen molar-refractivity contribution in [3.05, 3.63) is 28.3 Å². The number of hydrogen-bond acceptors (Lipinski definition) is 5. The van der Waals surface area contributed by atoms with Crippen molar-refractivity contribution in [2.75, 3.05) is 0 Å². The maximum absolute atomic E-state index is 10.2. The maximum Gasteiger partial charge on any atom is 0.546 e. The lowest BCUT2D eigenvalue weighted by Gasteiger charge is -1.85. The number of phenolic OH excluding ortho intramolecular Hbond substituents is 1. The third kappa shape index (κ3) is 1.18. The van der Waals surface area contributed by atoms with Crippen molar-refractivity contribution in [2.24, 2.45) is 0 Å². The van der Waals surface area contributed by atoms with Gasteiger partial charge in [-0.2, -0.15) is 0 Å². The lowest BCUT2D eigenvalue weighted by Crippen LogP contribution is -1.85. The smallest absolute Gasteiger partial charge is 0.508 e. The molecule has 0 aliphatic heterocycles. The van der Waals surface area contributed by atoms with Gasteiger partial charge in [-0.25, -0.2) is 0 Å². The minimum Gasteiger partial charge on any atom is -0.508 e. The van der Waals surface area contributed by atoms with Crippen molar-refractivity contribution in [3.8, 4) is 5.75 Å². The molecule has 0 unspecified atom stereocenters. The predicted octanol–water partition coefficient (Wildman–Crippen LogP) is 1.44. The van der Waals surface area contributed by atoms with Gasteiger partial charge >= 0.3 is 6.01 Å². The molecule has 0 bridgehead atoms. The van der Waals surface area contributed by atoms with Gasteiger partial charge in [0.2, 0.25) is 5.52 Å². The number of hydrogen-bond donors (Lipinski definition) is 1. The minimum atomic E-state index is -0.725. The molecule has 0 saturated heterocycles. The molecule has 0 aliphatic carbocycles. The average molecular weight is 180 g/mol. The zero-order chi connectivity index (χ0) is 9.42. The van der Waals surface area contributed by atoms with E-state index in [0.29, 0.717) is 5.52 Å². The molecular formula is C7H4N2O4. The van der Waals surface area contributed by atoms with Crippen LogP contribution in [0.2, 0.25) is 0 Å². The van der Waals surface area contributed by atoms with Gasteiger partial charge in [-0.3, -0.25) is 0 Å². The second-order valence-corrected chi connectivity index (χ2v) is 2.41. The van der Waals surface area contributed by atoms with Gasteiger partial charge in [0.25, 0.3) is 0 Å². The molecule has 13 heavy (non-hydrogen) atoms. The van der Waals surface area contributed by atoms with Crippen LogP contribution in [0.25, 0.3) is 11.1 Å². The highest BCUT2D eigenvalue weighted by Gasteiger charge is 2.17. The fourth-order valence-electron chi connectivity index (χ4n) is 0.979. The first-order chi connectivity index (χ1) is 6.16. The van der Waals surface area contributed by atoms with E-state index in [-0.39, 0.29) is 11.3 Å². The van der Waals surface area contributed by atoms with Crippen molar-refractivity contribution in [1.82, 2.24) is 4.98 Å². The molecule has 0 saturated carbocycles. The average Bonchev–Trinajstić information content (AvgIpc) is 2.46. The number of nitro groups is 1. The van der Waals surface area contributed by atoms with Crippen molar-refractivity contribution in [3.63, 3.8) is 0 Å². The Morgan fingerprint density at radius 1 is 1.54 bits per heavy atom. The molecule has 0 atom stereocenters. The summed E-state index contributed by atoms with van der Waals surface area (Å²) >= 11 is 0. The molecule has 0 spiro atoms. The number of oxazole rings is 1. The molecule has 2 aromatic rings. The molecule has 1 aromatic heterocycles. The van der Waals surface area contributed by atoms with E-state index in [1.54, 1.807) is 0 Å². The number of fused-ring (bicyclic) bond motifs is 1. The number of benzene rings is 1. The van der Waals surface area contributed by atoms with Crippen molar-refractivity contribution < 1.29 is 14.4 Å². The minimum absolute atomic E-state index is 0.0152. The highest BCUT2D eigenvalue weighted by Crippen LogP contribution is 2.23. The number of aromatic hydroxyl groups is 1. The second kappa shape index (κ2) is 2.44. The van der Waals surface area contributed by atoms with Crippen LogP contribution < -0.4 is 0 Å². The molecular weight excluding hydrogens is 176 g/mol. The van der Waals surface area contributed by atoms with Gasteiger partial charge in [-0.05, 0) is 12.1 Å². The number of phenols is 1. The molecule has 1 N–H and O–H groups in total. The highest BCUT2D eigenvalue weighted by atomic mass is 16.7. The van der Waals surface area contributed by atoms with Crippen molar-refractivity contribution in [1.29, 1.82) is 0 Å². The quantitative estimate of drug-likeness (QED) is 0.529. The fourth-order valence-corrected chi connectivity index (χ4v) is 0.979. The highest BCUT2D eigenvalue weighted by molar-refractivity contribution is 5.75. The van der Waals surface area contributed by atoms with Gasteiger partial charge in [-0.1, -0.05) is 0 Å². The third-order valence-electron chi connectivity index (χ3n) is 1.52. The first-order valence-electron chi connectivity index (χ1n) is 3.41. The number of aromatic nitrogens is 1. The van der Waals surface area contributed by atoms with Crippen LogP contribution in [0, 0.1) is 10.1 Å². The Balaban J connectivity index is 2.68. The molecule has 6 nitrogen and oxygen atoms in total. The Hall–Kier alpha value is -2.11. The Bertz CT molecular complexity index is 476. The summed E-state index contributed by atoms with van der Waals surface area (Å²) in [5, 5.41) is 19.3. The lowest BCUT2D eigenvalue weighted by molar-refractivity contribution is -0.406. The van der Waals surface area contributed by atoms with E-state index in [9.17, 15) is 10.1 Å². The van der Waals surface area contributed by atoms with Crippen molar-refractivity contribution in [2.45, 2.75) is 0 Å². The molecule has 1 aromatic carbocycles. The van der Waals surface area contributed by atoms with Gasteiger partial charge in [0.1, 0.15) is 5.75 Å². The summed E-state index contributed by atoms with van der Waals surface area (Å²) in [5.74, 6) is -0.0152. The molecule has 0 radical (unpaired) electrons. The number of nitrogens with zero attached hydrogens (tertiary/aromatic N) is 2. The van der Waals surface area contributed by atoms with Crippen LogP contribution in [-0.2, 0) is 0 Å². The summed E-state index contributed by atoms with van der Waals surface area (Å²) in [6.45, 7) is 0. The zero-order valence-corrected chi connectivity index (χ0v) is 6.30. The van der Waals surface area contributed by atoms with E-state index in [0.717, 1.165) is 0 Å². The van der Waals surface area contributed by atoms with Gasteiger partial charge in [-0.15, -0.1) is 0 Å². The van der Waals surface area contributed by atoms with Crippen molar-refractivity contribution >= 4 is 17.1 Å². The Morgan fingerprint density at radius 2 is 2.31 bits per heavy atom. The molecule has 0 fully saturated rings. The van der Waals surface area contributed by atoms with Gasteiger partial charge in [0.05, 0.1) is 0 Å². The number of rotatable bonds is 1. The molecule has 0 amide bonds. The van der Waals surface area contributed by atoms with Crippen LogP contribution in [0.5, 0.6) is 5.75 Å². The summed E-state index contributed by atoms with van der Waals surface area (Å²) in [7, 11) is 0. The molecule has 1 heterocycles. The van der Waals surface area contributed by atoms with Crippen LogP contribution in [0.3, 0.4) is 0 Å². The van der Waals surface area contributed by atoms with Crippen LogP contribution in [-0.4, -0.2) is 15.0 Å². The maximum atomic E-state index is 10.2. The predicted molar refractivity (Wildman–Crippen MR) is 42.3 cm³/mol. The summed E-state index contributed by atoms with van der Waals surface area (Å²) in [4.78, 5) is 13.1. The molecule has 2 rings (SSSR count). The van der Waals surface area contributed by atoms with Crippen LogP contribution >= 0.6 is 0 Å². The standard InChI is InChI=1S/C7H4N2O4/c10-4-1-2-5-6(3-4)13-7(8-5)9(11)12/h1-3,10H. The second-order valence-electron chi connectivity index (χ2n) is 2.41. The largest absolute Gasteiger partial charge is 0.546 e. The summed E-state index contributed by atoms with van der Waals surface area (Å²) < 4.78 is 4.74. The third-order valence-corrected chi connectivity index (χ3v) is 1.52. The fraction of sp³-hybridized carbons (Fsp3) is 0. The Morgan fingerprint density at radius 3 is 3.00 bits per heavy atom. The molecule has 0 aliphatic rings. The lowest BCUT2D eigenvalue weighted by atomic mass is 10.3. The Kier molecular flexibility index (Phi) is 1.42. The van der Waals surface area contributed by atoms with E-state index < -0.39 is 10.9 Å².